The lowest BCUT2D eigenvalue weighted by Crippen LogP contribution is -2.01. The monoisotopic (exact) mass is 172 g/mol. The summed E-state index contributed by atoms with van der Waals surface area (Å²) in [5.41, 5.74) is 7.64. The van der Waals surface area contributed by atoms with E-state index in [4.69, 9.17) is 5.73 Å². The predicted molar refractivity (Wildman–Crippen MR) is 51.5 cm³/mol. The molecular formula is C10H10N3. The van der Waals surface area contributed by atoms with Gasteiger partial charge in [-0.2, -0.15) is 5.10 Å². The van der Waals surface area contributed by atoms with E-state index in [-0.39, 0.29) is 0 Å². The van der Waals surface area contributed by atoms with Gasteiger partial charge in [-0.1, -0.05) is 18.2 Å². The number of anilines is 1. The van der Waals surface area contributed by atoms with E-state index in [1.54, 1.807) is 4.68 Å². The first-order valence-electron chi connectivity index (χ1n) is 4.07. The zero-order valence-electron chi connectivity index (χ0n) is 7.36. The molecule has 65 valence electrons. The highest BCUT2D eigenvalue weighted by atomic mass is 15.3. The van der Waals surface area contributed by atoms with Crippen LogP contribution in [-0.2, 0) is 0 Å². The second-order valence-electron chi connectivity index (χ2n) is 2.87. The third-order valence-electron chi connectivity index (χ3n) is 1.93. The van der Waals surface area contributed by atoms with Gasteiger partial charge in [0.15, 0.2) is 0 Å². The number of aryl methyl sites for hydroxylation is 1. The van der Waals surface area contributed by atoms with Crippen LogP contribution in [0.15, 0.2) is 30.3 Å². The number of hydrogen-bond donors (Lipinski definition) is 1. The lowest BCUT2D eigenvalue weighted by atomic mass is 10.3. The number of nitrogens with two attached hydrogens (primary N) is 1. The van der Waals surface area contributed by atoms with Gasteiger partial charge in [-0.05, 0) is 19.1 Å². The van der Waals surface area contributed by atoms with Crippen LogP contribution < -0.4 is 5.73 Å². The van der Waals surface area contributed by atoms with Crippen LogP contribution in [0.2, 0.25) is 0 Å². The molecule has 0 fully saturated rings. The van der Waals surface area contributed by atoms with Crippen LogP contribution in [0.3, 0.4) is 0 Å². The molecule has 0 spiro atoms. The first kappa shape index (κ1) is 7.86. The summed E-state index contributed by atoms with van der Waals surface area (Å²) in [6.07, 6.45) is 2.82. The highest BCUT2D eigenvalue weighted by Crippen LogP contribution is 2.14. The molecule has 1 heterocycles. The molecule has 0 aliphatic carbocycles. The minimum atomic E-state index is 0.645. The van der Waals surface area contributed by atoms with Crippen LogP contribution in [0.4, 0.5) is 5.82 Å². The standard InChI is InChI=1S/C10H10N3/c1-8-7-12-13(10(8)11)9-5-3-2-4-6-9/h2-6H,11H2,1H3. The summed E-state index contributed by atoms with van der Waals surface area (Å²) < 4.78 is 1.68. The maximum Gasteiger partial charge on any atom is 0.130 e. The minimum absolute atomic E-state index is 0.645. The fraction of sp³-hybridized carbons (Fsp3) is 0.100. The van der Waals surface area contributed by atoms with Crippen LogP contribution in [0, 0.1) is 13.1 Å². The molecule has 1 radical (unpaired) electrons. The molecule has 13 heavy (non-hydrogen) atoms. The Balaban J connectivity index is 2.53. The SMILES string of the molecule is Cc1[c]nn(-c2ccccc2)c1N. The van der Waals surface area contributed by atoms with Gasteiger partial charge in [0.25, 0.3) is 0 Å². The van der Waals surface area contributed by atoms with E-state index in [1.165, 1.54) is 0 Å². The maximum atomic E-state index is 5.80. The summed E-state index contributed by atoms with van der Waals surface area (Å²) in [5.74, 6) is 0.645. The zero-order valence-corrected chi connectivity index (χ0v) is 7.36. The van der Waals surface area contributed by atoms with Gasteiger partial charge in [-0.15, -0.1) is 0 Å². The highest BCUT2D eigenvalue weighted by Gasteiger charge is 2.04. The van der Waals surface area contributed by atoms with Crippen molar-refractivity contribution in [3.05, 3.63) is 42.1 Å². The topological polar surface area (TPSA) is 43.8 Å². The Morgan fingerprint density at radius 3 is 2.54 bits per heavy atom. The summed E-state index contributed by atoms with van der Waals surface area (Å²) in [6.45, 7) is 1.89. The molecule has 0 aliphatic heterocycles. The van der Waals surface area contributed by atoms with E-state index in [0.29, 0.717) is 5.82 Å². The summed E-state index contributed by atoms with van der Waals surface area (Å²) >= 11 is 0. The number of aromatic nitrogens is 2. The second kappa shape index (κ2) is 2.94. The number of benzene rings is 1. The Bertz CT molecular complexity index is 403. The van der Waals surface area contributed by atoms with Crippen molar-refractivity contribution in [2.75, 3.05) is 5.73 Å². The zero-order chi connectivity index (χ0) is 9.26. The van der Waals surface area contributed by atoms with Gasteiger partial charge >= 0.3 is 0 Å². The van der Waals surface area contributed by atoms with Gasteiger partial charge in [-0.3, -0.25) is 0 Å². The van der Waals surface area contributed by atoms with Crippen LogP contribution >= 0.6 is 0 Å². The van der Waals surface area contributed by atoms with Crippen molar-refractivity contribution in [1.29, 1.82) is 0 Å². The number of rotatable bonds is 1. The summed E-state index contributed by atoms with van der Waals surface area (Å²) in [7, 11) is 0. The molecule has 0 bridgehead atoms. The largest absolute Gasteiger partial charge is 0.383 e. The summed E-state index contributed by atoms with van der Waals surface area (Å²) in [6, 6.07) is 9.77. The third kappa shape index (κ3) is 1.28. The predicted octanol–water partition coefficient (Wildman–Crippen LogP) is 1.56. The summed E-state index contributed by atoms with van der Waals surface area (Å²) in [4.78, 5) is 0. The van der Waals surface area contributed by atoms with Crippen molar-refractivity contribution in [2.45, 2.75) is 6.92 Å². The molecule has 2 N–H and O–H groups in total. The van der Waals surface area contributed by atoms with Crippen molar-refractivity contribution in [1.82, 2.24) is 9.78 Å². The van der Waals surface area contributed by atoms with E-state index in [0.717, 1.165) is 11.3 Å². The molecule has 3 heteroatoms. The van der Waals surface area contributed by atoms with Gasteiger partial charge in [-0.25, -0.2) is 4.68 Å². The molecule has 0 unspecified atom stereocenters. The van der Waals surface area contributed by atoms with Crippen LogP contribution in [0.25, 0.3) is 5.69 Å². The Kier molecular flexibility index (Phi) is 1.77. The van der Waals surface area contributed by atoms with Crippen molar-refractivity contribution in [3.63, 3.8) is 0 Å². The summed E-state index contributed by atoms with van der Waals surface area (Å²) in [5, 5.41) is 4.05. The Morgan fingerprint density at radius 1 is 1.31 bits per heavy atom. The Morgan fingerprint density at radius 2 is 2.00 bits per heavy atom. The maximum absolute atomic E-state index is 5.80. The van der Waals surface area contributed by atoms with Crippen molar-refractivity contribution >= 4 is 5.82 Å². The molecule has 2 rings (SSSR count). The number of nitrogen functional groups attached to an aromatic ring is 1. The fourth-order valence-electron chi connectivity index (χ4n) is 1.16. The molecule has 0 saturated carbocycles. The van der Waals surface area contributed by atoms with Crippen LogP contribution in [0.5, 0.6) is 0 Å². The van der Waals surface area contributed by atoms with E-state index in [9.17, 15) is 0 Å². The van der Waals surface area contributed by atoms with E-state index >= 15 is 0 Å². The Hall–Kier alpha value is -1.77. The lowest BCUT2D eigenvalue weighted by molar-refractivity contribution is 0.888. The first-order chi connectivity index (χ1) is 6.29. The molecule has 1 aromatic heterocycles. The molecule has 0 amide bonds. The molecule has 1 aromatic carbocycles. The molecule has 0 aliphatic rings. The van der Waals surface area contributed by atoms with E-state index in [2.05, 4.69) is 11.3 Å². The molecule has 3 nitrogen and oxygen atoms in total. The van der Waals surface area contributed by atoms with Gasteiger partial charge in [0.1, 0.15) is 12.0 Å². The van der Waals surface area contributed by atoms with Gasteiger partial charge < -0.3 is 5.73 Å². The smallest absolute Gasteiger partial charge is 0.130 e. The van der Waals surface area contributed by atoms with Gasteiger partial charge in [0.2, 0.25) is 0 Å². The average molecular weight is 172 g/mol. The van der Waals surface area contributed by atoms with Crippen molar-refractivity contribution in [2.24, 2.45) is 0 Å². The number of nitrogens with zero attached hydrogens (tertiary/aromatic N) is 2. The number of para-hydroxylation sites is 1. The van der Waals surface area contributed by atoms with E-state index < -0.39 is 0 Å². The molecule has 0 saturated heterocycles. The quantitative estimate of drug-likeness (QED) is 0.709. The van der Waals surface area contributed by atoms with Crippen LogP contribution in [0.1, 0.15) is 5.56 Å². The minimum Gasteiger partial charge on any atom is -0.383 e. The fourth-order valence-corrected chi connectivity index (χ4v) is 1.16. The first-order valence-corrected chi connectivity index (χ1v) is 4.07. The highest BCUT2D eigenvalue weighted by molar-refractivity contribution is 5.45. The third-order valence-corrected chi connectivity index (χ3v) is 1.93. The second-order valence-corrected chi connectivity index (χ2v) is 2.87. The number of hydrogen-bond acceptors (Lipinski definition) is 2. The van der Waals surface area contributed by atoms with Crippen LogP contribution in [-0.4, -0.2) is 9.78 Å². The van der Waals surface area contributed by atoms with Crippen molar-refractivity contribution < 1.29 is 0 Å². The molecular weight excluding hydrogens is 162 g/mol. The molecule has 0 atom stereocenters. The average Bonchev–Trinajstić information content (AvgIpc) is 2.49. The van der Waals surface area contributed by atoms with Gasteiger partial charge in [0.05, 0.1) is 5.69 Å². The van der Waals surface area contributed by atoms with E-state index in [1.807, 2.05) is 37.3 Å². The van der Waals surface area contributed by atoms with Gasteiger partial charge in [0, 0.05) is 5.56 Å². The molecule has 2 aromatic rings. The normalized spacial score (nSPS) is 10.2. The van der Waals surface area contributed by atoms with Crippen molar-refractivity contribution in [3.8, 4) is 5.69 Å². The lowest BCUT2D eigenvalue weighted by Gasteiger charge is -2.02. The Labute approximate surface area is 76.8 Å².